The van der Waals surface area contributed by atoms with Crippen LogP contribution in [0.3, 0.4) is 0 Å². The molecule has 4 nitrogen and oxygen atoms in total. The highest BCUT2D eigenvalue weighted by molar-refractivity contribution is 9.10. The SMILES string of the molecule is O=C(N/C(=C\c1ccc(Br)cc1)c1nc2ccccc2[nH]1)c1ccccc1. The van der Waals surface area contributed by atoms with Gasteiger partial charge in [-0.15, -0.1) is 0 Å². The van der Waals surface area contributed by atoms with Crippen LogP contribution in [-0.2, 0) is 0 Å². The summed E-state index contributed by atoms with van der Waals surface area (Å²) in [6.45, 7) is 0. The van der Waals surface area contributed by atoms with Crippen LogP contribution < -0.4 is 5.32 Å². The number of nitrogens with one attached hydrogen (secondary N) is 2. The van der Waals surface area contributed by atoms with Gasteiger partial charge in [0.15, 0.2) is 5.82 Å². The Kier molecular flexibility index (Phi) is 4.85. The molecule has 4 rings (SSSR count). The highest BCUT2D eigenvalue weighted by atomic mass is 79.9. The first-order valence-corrected chi connectivity index (χ1v) is 9.27. The van der Waals surface area contributed by atoms with E-state index < -0.39 is 0 Å². The maximum Gasteiger partial charge on any atom is 0.255 e. The van der Waals surface area contributed by atoms with Crippen LogP contribution in [0.2, 0.25) is 0 Å². The molecule has 27 heavy (non-hydrogen) atoms. The quantitative estimate of drug-likeness (QED) is 0.476. The molecule has 0 aliphatic rings. The Bertz CT molecular complexity index is 1080. The number of hydrogen-bond donors (Lipinski definition) is 2. The number of nitrogens with zero attached hydrogens (tertiary/aromatic N) is 1. The van der Waals surface area contributed by atoms with Crippen LogP contribution in [0.4, 0.5) is 0 Å². The number of para-hydroxylation sites is 2. The lowest BCUT2D eigenvalue weighted by molar-refractivity contribution is 0.0973. The number of aromatic amines is 1. The fourth-order valence-electron chi connectivity index (χ4n) is 2.75. The van der Waals surface area contributed by atoms with Gasteiger partial charge in [0.2, 0.25) is 0 Å². The molecule has 2 N–H and O–H groups in total. The Balaban J connectivity index is 1.74. The van der Waals surface area contributed by atoms with E-state index in [1.54, 1.807) is 12.1 Å². The van der Waals surface area contributed by atoms with Gasteiger partial charge in [-0.05, 0) is 48.0 Å². The van der Waals surface area contributed by atoms with Crippen LogP contribution in [-0.4, -0.2) is 15.9 Å². The van der Waals surface area contributed by atoms with Crippen molar-refractivity contribution in [3.8, 4) is 0 Å². The lowest BCUT2D eigenvalue weighted by Gasteiger charge is -2.08. The van der Waals surface area contributed by atoms with Gasteiger partial charge in [0.1, 0.15) is 0 Å². The zero-order valence-corrected chi connectivity index (χ0v) is 15.9. The predicted molar refractivity (Wildman–Crippen MR) is 112 cm³/mol. The number of imidazole rings is 1. The lowest BCUT2D eigenvalue weighted by Crippen LogP contribution is -2.22. The molecule has 0 saturated heterocycles. The molecule has 0 saturated carbocycles. The number of amides is 1. The molecular formula is C22H16BrN3O. The summed E-state index contributed by atoms with van der Waals surface area (Å²) >= 11 is 3.44. The first-order chi connectivity index (χ1) is 13.2. The van der Waals surface area contributed by atoms with Crippen molar-refractivity contribution in [1.29, 1.82) is 0 Å². The van der Waals surface area contributed by atoms with Gasteiger partial charge in [-0.2, -0.15) is 0 Å². The summed E-state index contributed by atoms with van der Waals surface area (Å²) < 4.78 is 0.998. The van der Waals surface area contributed by atoms with E-state index in [2.05, 4.69) is 31.2 Å². The smallest absolute Gasteiger partial charge is 0.255 e. The van der Waals surface area contributed by atoms with Crippen LogP contribution in [0.25, 0.3) is 22.8 Å². The van der Waals surface area contributed by atoms with Crippen molar-refractivity contribution in [3.63, 3.8) is 0 Å². The number of hydrogen-bond acceptors (Lipinski definition) is 2. The summed E-state index contributed by atoms with van der Waals surface area (Å²) in [6, 6.07) is 24.8. The summed E-state index contributed by atoms with van der Waals surface area (Å²) in [5, 5.41) is 2.99. The van der Waals surface area contributed by atoms with Crippen molar-refractivity contribution in [2.75, 3.05) is 0 Å². The van der Waals surface area contributed by atoms with E-state index >= 15 is 0 Å². The van der Waals surface area contributed by atoms with E-state index in [1.165, 1.54) is 0 Å². The van der Waals surface area contributed by atoms with Gasteiger partial charge in [-0.1, -0.05) is 58.4 Å². The zero-order valence-electron chi connectivity index (χ0n) is 14.3. The lowest BCUT2D eigenvalue weighted by atomic mass is 10.1. The number of rotatable bonds is 4. The second kappa shape index (κ2) is 7.60. The standard InChI is InChI=1S/C22H16BrN3O/c23-17-12-10-15(11-13-17)14-20(26-22(27)16-6-2-1-3-7-16)21-24-18-8-4-5-9-19(18)25-21/h1-14H,(H,24,25)(H,26,27)/b20-14-. The third kappa shape index (κ3) is 3.99. The average molecular weight is 418 g/mol. The molecule has 0 spiro atoms. The van der Waals surface area contributed by atoms with E-state index in [-0.39, 0.29) is 5.91 Å². The molecule has 4 aromatic rings. The van der Waals surface area contributed by atoms with Gasteiger partial charge < -0.3 is 10.3 Å². The molecule has 0 fully saturated rings. The molecule has 1 aromatic heterocycles. The van der Waals surface area contributed by atoms with E-state index in [9.17, 15) is 4.79 Å². The van der Waals surface area contributed by atoms with E-state index in [4.69, 9.17) is 0 Å². The molecule has 0 atom stereocenters. The molecule has 0 bridgehead atoms. The first kappa shape index (κ1) is 17.2. The zero-order chi connectivity index (χ0) is 18.6. The first-order valence-electron chi connectivity index (χ1n) is 8.48. The number of benzene rings is 3. The summed E-state index contributed by atoms with van der Waals surface area (Å²) in [7, 11) is 0. The topological polar surface area (TPSA) is 57.8 Å². The summed E-state index contributed by atoms with van der Waals surface area (Å²) in [4.78, 5) is 20.6. The van der Waals surface area contributed by atoms with Crippen molar-refractivity contribution < 1.29 is 4.79 Å². The van der Waals surface area contributed by atoms with Gasteiger partial charge in [-0.3, -0.25) is 4.79 Å². The Morgan fingerprint density at radius 2 is 1.63 bits per heavy atom. The highest BCUT2D eigenvalue weighted by Crippen LogP contribution is 2.19. The second-order valence-corrected chi connectivity index (χ2v) is 6.95. The number of fused-ring (bicyclic) bond motifs is 1. The molecule has 0 aliphatic heterocycles. The maximum atomic E-state index is 12.7. The average Bonchev–Trinajstić information content (AvgIpc) is 3.14. The Morgan fingerprint density at radius 1 is 0.926 bits per heavy atom. The van der Waals surface area contributed by atoms with Gasteiger partial charge in [0.25, 0.3) is 5.91 Å². The number of carbonyl (C=O) groups excluding carboxylic acids is 1. The number of H-pyrrole nitrogens is 1. The minimum Gasteiger partial charge on any atom is -0.337 e. The summed E-state index contributed by atoms with van der Waals surface area (Å²) in [5.41, 5.74) is 3.94. The molecule has 0 radical (unpaired) electrons. The minimum atomic E-state index is -0.181. The molecule has 1 heterocycles. The van der Waals surface area contributed by atoms with Gasteiger partial charge in [0.05, 0.1) is 16.7 Å². The van der Waals surface area contributed by atoms with Crippen molar-refractivity contribution in [1.82, 2.24) is 15.3 Å². The second-order valence-electron chi connectivity index (χ2n) is 6.03. The third-order valence-corrected chi connectivity index (χ3v) is 4.64. The summed E-state index contributed by atoms with van der Waals surface area (Å²) in [5.74, 6) is 0.433. The molecule has 0 unspecified atom stereocenters. The molecule has 132 valence electrons. The van der Waals surface area contributed by atoms with Crippen LogP contribution in [0, 0.1) is 0 Å². The number of carbonyl (C=O) groups is 1. The van der Waals surface area contributed by atoms with Gasteiger partial charge in [-0.25, -0.2) is 4.98 Å². The van der Waals surface area contributed by atoms with Gasteiger partial charge >= 0.3 is 0 Å². The minimum absolute atomic E-state index is 0.181. The largest absolute Gasteiger partial charge is 0.337 e. The fourth-order valence-corrected chi connectivity index (χ4v) is 3.02. The van der Waals surface area contributed by atoms with Crippen molar-refractivity contribution in [3.05, 3.63) is 100 Å². The highest BCUT2D eigenvalue weighted by Gasteiger charge is 2.13. The van der Waals surface area contributed by atoms with Crippen molar-refractivity contribution in [2.45, 2.75) is 0 Å². The van der Waals surface area contributed by atoms with E-state index in [1.807, 2.05) is 72.8 Å². The third-order valence-electron chi connectivity index (χ3n) is 4.11. The molecular weight excluding hydrogens is 402 g/mol. The van der Waals surface area contributed by atoms with Crippen molar-refractivity contribution in [2.24, 2.45) is 0 Å². The Labute approximate surface area is 165 Å². The molecule has 3 aromatic carbocycles. The summed E-state index contributed by atoms with van der Waals surface area (Å²) in [6.07, 6.45) is 1.91. The van der Waals surface area contributed by atoms with E-state index in [0.29, 0.717) is 17.1 Å². The normalized spacial score (nSPS) is 11.5. The van der Waals surface area contributed by atoms with E-state index in [0.717, 1.165) is 21.1 Å². The number of aromatic nitrogens is 2. The van der Waals surface area contributed by atoms with Crippen molar-refractivity contribution >= 4 is 44.6 Å². The van der Waals surface area contributed by atoms with Gasteiger partial charge in [0, 0.05) is 10.0 Å². The molecule has 5 heteroatoms. The monoisotopic (exact) mass is 417 g/mol. The van der Waals surface area contributed by atoms with Crippen LogP contribution in [0.5, 0.6) is 0 Å². The molecule has 0 aliphatic carbocycles. The predicted octanol–water partition coefficient (Wildman–Crippen LogP) is 5.25. The Hall–Kier alpha value is -3.18. The molecule has 1 amide bonds. The van der Waals surface area contributed by atoms with Crippen LogP contribution in [0.1, 0.15) is 21.7 Å². The Morgan fingerprint density at radius 3 is 2.37 bits per heavy atom. The fraction of sp³-hybridized carbons (Fsp3) is 0. The van der Waals surface area contributed by atoms with Crippen LogP contribution >= 0.6 is 15.9 Å². The van der Waals surface area contributed by atoms with Crippen LogP contribution in [0.15, 0.2) is 83.3 Å². The maximum absolute atomic E-state index is 12.7. The number of halogens is 1.